The number of hydrogen-bond acceptors (Lipinski definition) is 3. The number of ketones is 1. The van der Waals surface area contributed by atoms with Crippen molar-refractivity contribution in [3.63, 3.8) is 0 Å². The lowest BCUT2D eigenvalue weighted by Gasteiger charge is -2.07. The number of aliphatic carboxylic acids is 1. The minimum atomic E-state index is -0.937. The number of ether oxygens (including phenoxy) is 1. The van der Waals surface area contributed by atoms with Gasteiger partial charge in [0.2, 0.25) is 0 Å². The van der Waals surface area contributed by atoms with Gasteiger partial charge in [0.1, 0.15) is 18.3 Å². The Hall–Kier alpha value is -2.62. The molecule has 0 bridgehead atoms. The van der Waals surface area contributed by atoms with Crippen molar-refractivity contribution in [1.29, 1.82) is 0 Å². The summed E-state index contributed by atoms with van der Waals surface area (Å²) in [5, 5.41) is 9.14. The third kappa shape index (κ3) is 1.95. The zero-order valence-electron chi connectivity index (χ0n) is 10.6. The molecule has 2 aromatic carbocycles. The van der Waals surface area contributed by atoms with Gasteiger partial charge in [-0.1, -0.05) is 42.5 Å². The largest absolute Gasteiger partial charge is 0.491 e. The summed E-state index contributed by atoms with van der Waals surface area (Å²) in [7, 11) is 0. The summed E-state index contributed by atoms with van der Waals surface area (Å²) in [5.74, 6) is -1.40. The Morgan fingerprint density at radius 2 is 1.80 bits per heavy atom. The predicted molar refractivity (Wildman–Crippen MR) is 72.2 cm³/mol. The normalized spacial score (nSPS) is 16.3. The average Bonchev–Trinajstić information content (AvgIpc) is 2.91. The second kappa shape index (κ2) is 4.81. The summed E-state index contributed by atoms with van der Waals surface area (Å²) in [4.78, 5) is 23.6. The molecule has 0 unspecified atom stereocenters. The molecule has 0 aliphatic carbocycles. The fraction of sp³-hybridized carbons (Fsp3) is 0.125. The van der Waals surface area contributed by atoms with Crippen LogP contribution in [0.4, 0.5) is 0 Å². The monoisotopic (exact) mass is 268 g/mol. The SMILES string of the molecule is O=C(c1ccccc1)c1cccc2c1OC[C@@H]2C(=O)O. The molecule has 1 aliphatic rings. The second-order valence-corrected chi connectivity index (χ2v) is 4.62. The number of hydrogen-bond donors (Lipinski definition) is 1. The highest BCUT2D eigenvalue weighted by Gasteiger charge is 2.33. The van der Waals surface area contributed by atoms with Crippen molar-refractivity contribution < 1.29 is 19.4 Å². The van der Waals surface area contributed by atoms with Gasteiger partial charge in [-0.2, -0.15) is 0 Å². The van der Waals surface area contributed by atoms with Crippen LogP contribution in [0, 0.1) is 0 Å². The second-order valence-electron chi connectivity index (χ2n) is 4.62. The van der Waals surface area contributed by atoms with Gasteiger partial charge in [0, 0.05) is 11.1 Å². The lowest BCUT2D eigenvalue weighted by Crippen LogP contribution is -2.12. The molecule has 0 fully saturated rings. The van der Waals surface area contributed by atoms with Gasteiger partial charge in [-0.15, -0.1) is 0 Å². The van der Waals surface area contributed by atoms with Crippen LogP contribution in [0.15, 0.2) is 48.5 Å². The molecule has 1 N–H and O–H groups in total. The molecule has 2 aromatic rings. The molecule has 0 radical (unpaired) electrons. The Bertz CT molecular complexity index is 676. The summed E-state index contributed by atoms with van der Waals surface area (Å²) in [5.41, 5.74) is 1.54. The summed E-state index contributed by atoms with van der Waals surface area (Å²) in [6, 6.07) is 13.9. The first-order valence-electron chi connectivity index (χ1n) is 6.26. The van der Waals surface area contributed by atoms with E-state index in [1.807, 2.05) is 6.07 Å². The molecule has 0 aromatic heterocycles. The predicted octanol–water partition coefficient (Wildman–Crippen LogP) is 2.48. The number of para-hydroxylation sites is 1. The molecule has 1 heterocycles. The third-order valence-electron chi connectivity index (χ3n) is 3.39. The summed E-state index contributed by atoms with van der Waals surface area (Å²) < 4.78 is 5.44. The molecule has 0 saturated carbocycles. The van der Waals surface area contributed by atoms with Crippen molar-refractivity contribution >= 4 is 11.8 Å². The number of carboxylic acid groups (broad SMARTS) is 1. The molecule has 1 aliphatic heterocycles. The standard InChI is InChI=1S/C16H12O4/c17-14(10-5-2-1-3-6-10)12-8-4-7-11-13(16(18)19)9-20-15(11)12/h1-8,13H,9H2,(H,18,19)/t13-/m0/s1. The molecule has 0 saturated heterocycles. The molecule has 4 nitrogen and oxygen atoms in total. The van der Waals surface area contributed by atoms with Crippen LogP contribution in [0.5, 0.6) is 5.75 Å². The number of benzene rings is 2. The smallest absolute Gasteiger partial charge is 0.314 e. The Kier molecular flexibility index (Phi) is 2.99. The quantitative estimate of drug-likeness (QED) is 0.869. The van der Waals surface area contributed by atoms with E-state index in [2.05, 4.69) is 0 Å². The zero-order chi connectivity index (χ0) is 14.1. The van der Waals surface area contributed by atoms with E-state index >= 15 is 0 Å². The Labute approximate surface area is 115 Å². The van der Waals surface area contributed by atoms with E-state index in [0.717, 1.165) is 0 Å². The summed E-state index contributed by atoms with van der Waals surface area (Å²) in [6.45, 7) is 0.0732. The van der Waals surface area contributed by atoms with Crippen molar-refractivity contribution in [1.82, 2.24) is 0 Å². The first kappa shape index (κ1) is 12.4. The maximum Gasteiger partial charge on any atom is 0.314 e. The number of rotatable bonds is 3. The van der Waals surface area contributed by atoms with Gasteiger partial charge < -0.3 is 9.84 Å². The van der Waals surface area contributed by atoms with E-state index in [1.54, 1.807) is 42.5 Å². The van der Waals surface area contributed by atoms with E-state index in [-0.39, 0.29) is 12.4 Å². The molecule has 100 valence electrons. The fourth-order valence-electron chi connectivity index (χ4n) is 2.37. The van der Waals surface area contributed by atoms with Gasteiger partial charge in [-0.05, 0) is 6.07 Å². The van der Waals surface area contributed by atoms with Crippen LogP contribution in [-0.4, -0.2) is 23.5 Å². The van der Waals surface area contributed by atoms with E-state index in [0.29, 0.717) is 22.4 Å². The van der Waals surface area contributed by atoms with E-state index in [9.17, 15) is 9.59 Å². The molecule has 1 atom stereocenters. The number of fused-ring (bicyclic) bond motifs is 1. The molecule has 3 rings (SSSR count). The highest BCUT2D eigenvalue weighted by atomic mass is 16.5. The molecule has 4 heteroatoms. The molecule has 20 heavy (non-hydrogen) atoms. The van der Waals surface area contributed by atoms with Crippen molar-refractivity contribution in [2.24, 2.45) is 0 Å². The molecule has 0 amide bonds. The first-order chi connectivity index (χ1) is 9.68. The molecular formula is C16H12O4. The maximum atomic E-state index is 12.5. The van der Waals surface area contributed by atoms with Crippen LogP contribution in [0.1, 0.15) is 27.4 Å². The van der Waals surface area contributed by atoms with Crippen molar-refractivity contribution in [2.75, 3.05) is 6.61 Å². The van der Waals surface area contributed by atoms with Gasteiger partial charge in [0.15, 0.2) is 5.78 Å². The number of carbonyl (C=O) groups is 2. The highest BCUT2D eigenvalue weighted by Crippen LogP contribution is 2.37. The van der Waals surface area contributed by atoms with Gasteiger partial charge in [0.05, 0.1) is 5.56 Å². The van der Waals surface area contributed by atoms with Crippen LogP contribution in [0.25, 0.3) is 0 Å². The van der Waals surface area contributed by atoms with E-state index in [1.165, 1.54) is 0 Å². The van der Waals surface area contributed by atoms with Gasteiger partial charge in [-0.25, -0.2) is 0 Å². The summed E-state index contributed by atoms with van der Waals surface area (Å²) in [6.07, 6.45) is 0. The van der Waals surface area contributed by atoms with Crippen molar-refractivity contribution in [3.05, 3.63) is 65.2 Å². The van der Waals surface area contributed by atoms with Crippen LogP contribution < -0.4 is 4.74 Å². The van der Waals surface area contributed by atoms with E-state index < -0.39 is 11.9 Å². The van der Waals surface area contributed by atoms with Crippen molar-refractivity contribution in [3.8, 4) is 5.75 Å². The van der Waals surface area contributed by atoms with Gasteiger partial charge in [-0.3, -0.25) is 9.59 Å². The molecule has 0 spiro atoms. The number of carbonyl (C=O) groups excluding carboxylic acids is 1. The van der Waals surface area contributed by atoms with Crippen LogP contribution in [-0.2, 0) is 4.79 Å². The lowest BCUT2D eigenvalue weighted by atomic mass is 9.95. The Morgan fingerprint density at radius 3 is 2.50 bits per heavy atom. The Morgan fingerprint density at radius 1 is 1.05 bits per heavy atom. The maximum absolute atomic E-state index is 12.5. The number of carboxylic acids is 1. The average molecular weight is 268 g/mol. The molecular weight excluding hydrogens is 256 g/mol. The first-order valence-corrected chi connectivity index (χ1v) is 6.26. The third-order valence-corrected chi connectivity index (χ3v) is 3.39. The van der Waals surface area contributed by atoms with Gasteiger partial charge in [0.25, 0.3) is 0 Å². The topological polar surface area (TPSA) is 63.6 Å². The minimum Gasteiger partial charge on any atom is -0.491 e. The highest BCUT2D eigenvalue weighted by molar-refractivity contribution is 6.11. The van der Waals surface area contributed by atoms with Crippen LogP contribution in [0.3, 0.4) is 0 Å². The zero-order valence-corrected chi connectivity index (χ0v) is 10.6. The Balaban J connectivity index is 2.05. The fourth-order valence-corrected chi connectivity index (χ4v) is 2.37. The summed E-state index contributed by atoms with van der Waals surface area (Å²) >= 11 is 0. The minimum absolute atomic E-state index is 0.0732. The lowest BCUT2D eigenvalue weighted by molar-refractivity contribution is -0.138. The van der Waals surface area contributed by atoms with Gasteiger partial charge >= 0.3 is 5.97 Å². The van der Waals surface area contributed by atoms with Crippen molar-refractivity contribution in [2.45, 2.75) is 5.92 Å². The van der Waals surface area contributed by atoms with E-state index in [4.69, 9.17) is 9.84 Å². The van der Waals surface area contributed by atoms with Crippen LogP contribution in [0.2, 0.25) is 0 Å². The van der Waals surface area contributed by atoms with Crippen LogP contribution >= 0.6 is 0 Å².